The smallest absolute Gasteiger partial charge is 0.308 e. The number of nitrogens with one attached hydrogen (secondary N) is 1. The van der Waals surface area contributed by atoms with Crippen LogP contribution in [0, 0.1) is 23.7 Å². The van der Waals surface area contributed by atoms with Gasteiger partial charge in [0.1, 0.15) is 6.04 Å². The molecule has 0 bridgehead atoms. The summed E-state index contributed by atoms with van der Waals surface area (Å²) in [5.74, 6) is -2.42. The van der Waals surface area contributed by atoms with Crippen LogP contribution in [0.1, 0.15) is 74.1 Å². The molecule has 11 heteroatoms. The second kappa shape index (κ2) is 17.2. The molecule has 3 amide bonds. The summed E-state index contributed by atoms with van der Waals surface area (Å²) in [6.07, 6.45) is 0.970. The van der Waals surface area contributed by atoms with Crippen molar-refractivity contribution in [2.24, 2.45) is 23.7 Å². The van der Waals surface area contributed by atoms with Crippen molar-refractivity contribution >= 4 is 23.7 Å². The first-order valence-corrected chi connectivity index (χ1v) is 15.4. The summed E-state index contributed by atoms with van der Waals surface area (Å²) in [4.78, 5) is 57.9. The Morgan fingerprint density at radius 2 is 1.57 bits per heavy atom. The normalized spacial score (nSPS) is 20.6. The van der Waals surface area contributed by atoms with Crippen LogP contribution in [-0.4, -0.2) is 122 Å². The van der Waals surface area contributed by atoms with Gasteiger partial charge in [-0.3, -0.25) is 24.1 Å². The van der Waals surface area contributed by atoms with Crippen molar-refractivity contribution in [3.8, 4) is 0 Å². The maximum atomic E-state index is 14.0. The number of rotatable bonds is 17. The van der Waals surface area contributed by atoms with E-state index < -0.39 is 36.2 Å². The maximum absolute atomic E-state index is 14.0. The van der Waals surface area contributed by atoms with Crippen LogP contribution in [0.15, 0.2) is 0 Å². The summed E-state index contributed by atoms with van der Waals surface area (Å²) in [6.45, 7) is 13.9. The van der Waals surface area contributed by atoms with E-state index in [1.165, 1.54) is 7.11 Å². The van der Waals surface area contributed by atoms with Crippen molar-refractivity contribution < 1.29 is 33.8 Å². The second-order valence-corrected chi connectivity index (χ2v) is 12.8. The van der Waals surface area contributed by atoms with Gasteiger partial charge in [-0.05, 0) is 51.6 Å². The lowest BCUT2D eigenvalue weighted by Gasteiger charge is -2.41. The molecule has 8 atom stereocenters. The van der Waals surface area contributed by atoms with Gasteiger partial charge >= 0.3 is 5.97 Å². The molecule has 8 unspecified atom stereocenters. The van der Waals surface area contributed by atoms with Crippen molar-refractivity contribution in [2.45, 2.75) is 111 Å². The zero-order chi connectivity index (χ0) is 32.5. The molecule has 1 aliphatic heterocycles. The molecular formula is C31H58N4O7. The van der Waals surface area contributed by atoms with Gasteiger partial charge < -0.3 is 29.7 Å². The number of carbonyl (C=O) groups is 4. The number of hydrogen-bond donors (Lipinski definition) is 2. The minimum absolute atomic E-state index is 0.00136. The fourth-order valence-corrected chi connectivity index (χ4v) is 6.40. The van der Waals surface area contributed by atoms with Crippen molar-refractivity contribution in [3.05, 3.63) is 0 Å². The molecule has 1 fully saturated rings. The van der Waals surface area contributed by atoms with E-state index in [4.69, 9.17) is 9.47 Å². The van der Waals surface area contributed by atoms with Crippen LogP contribution in [0.25, 0.3) is 0 Å². The summed E-state index contributed by atoms with van der Waals surface area (Å²) in [5.41, 5.74) is 0. The predicted octanol–water partition coefficient (Wildman–Crippen LogP) is 2.72. The number of ether oxygens (including phenoxy) is 2. The van der Waals surface area contributed by atoms with E-state index in [0.717, 1.165) is 12.8 Å². The summed E-state index contributed by atoms with van der Waals surface area (Å²) < 4.78 is 11.5. The summed E-state index contributed by atoms with van der Waals surface area (Å²) >= 11 is 0. The Balaban J connectivity index is 3.26. The number of likely N-dealkylation sites (tertiary alicyclic amines) is 1. The van der Waals surface area contributed by atoms with Crippen LogP contribution in [0.2, 0.25) is 0 Å². The monoisotopic (exact) mass is 598 g/mol. The number of likely N-dealkylation sites (N-methyl/N-ethyl adjacent to an activating group) is 2. The number of carbonyl (C=O) groups excluding carboxylic acids is 3. The molecule has 11 nitrogen and oxygen atoms in total. The van der Waals surface area contributed by atoms with E-state index in [0.29, 0.717) is 13.0 Å². The van der Waals surface area contributed by atoms with E-state index >= 15 is 0 Å². The van der Waals surface area contributed by atoms with E-state index in [1.807, 2.05) is 60.5 Å². The van der Waals surface area contributed by atoms with Gasteiger partial charge in [0.05, 0.1) is 42.7 Å². The van der Waals surface area contributed by atoms with Crippen molar-refractivity contribution in [1.82, 2.24) is 20.0 Å². The fraction of sp³-hybridized carbons (Fsp3) is 0.871. The van der Waals surface area contributed by atoms with Gasteiger partial charge in [-0.25, -0.2) is 0 Å². The van der Waals surface area contributed by atoms with Gasteiger partial charge in [0.15, 0.2) is 0 Å². The van der Waals surface area contributed by atoms with Crippen LogP contribution in [0.5, 0.6) is 0 Å². The highest BCUT2D eigenvalue weighted by Crippen LogP contribution is 2.29. The minimum atomic E-state index is -0.968. The molecular weight excluding hydrogens is 540 g/mol. The molecule has 1 heterocycles. The predicted molar refractivity (Wildman–Crippen MR) is 163 cm³/mol. The molecule has 0 saturated carbocycles. The molecule has 0 spiro atoms. The molecule has 0 aromatic heterocycles. The first-order valence-electron chi connectivity index (χ1n) is 15.4. The van der Waals surface area contributed by atoms with Gasteiger partial charge in [0.25, 0.3) is 0 Å². The van der Waals surface area contributed by atoms with Crippen LogP contribution < -0.4 is 5.32 Å². The highest BCUT2D eigenvalue weighted by atomic mass is 16.5. The number of nitrogens with zero attached hydrogens (tertiary/aromatic N) is 3. The number of hydrogen-bond acceptors (Lipinski definition) is 7. The lowest BCUT2D eigenvalue weighted by atomic mass is 9.89. The summed E-state index contributed by atoms with van der Waals surface area (Å²) in [5, 5.41) is 12.6. The lowest BCUT2D eigenvalue weighted by molar-refractivity contribution is -0.152. The standard InChI is InChI=1S/C31H58N4O7/c1-13-20(6)27(34(10)30(38)25(18(2)3)32-29(37)26(19(4)5)33(8)9)23(41-11)17-24(36)35-16-14-15-22(35)28(42-12)21(7)31(39)40/h18-23,25-28H,13-17H2,1-12H3,(H,32,37)(H,39,40). The molecule has 2 N–H and O–H groups in total. The molecule has 0 radical (unpaired) electrons. The summed E-state index contributed by atoms with van der Waals surface area (Å²) in [7, 11) is 8.45. The third kappa shape index (κ3) is 9.38. The molecule has 0 aromatic carbocycles. The van der Waals surface area contributed by atoms with E-state index in [9.17, 15) is 24.3 Å². The Kier molecular flexibility index (Phi) is 15.4. The minimum Gasteiger partial charge on any atom is -0.481 e. The molecule has 42 heavy (non-hydrogen) atoms. The highest BCUT2D eigenvalue weighted by Gasteiger charge is 2.43. The average Bonchev–Trinajstić information content (AvgIpc) is 3.39. The van der Waals surface area contributed by atoms with E-state index in [1.54, 1.807) is 30.9 Å². The van der Waals surface area contributed by atoms with Gasteiger partial charge in [0, 0.05) is 27.8 Å². The number of carboxylic acids is 1. The van der Waals surface area contributed by atoms with Crippen LogP contribution >= 0.6 is 0 Å². The van der Waals surface area contributed by atoms with Gasteiger partial charge in [-0.15, -0.1) is 0 Å². The lowest BCUT2D eigenvalue weighted by Crippen LogP contribution is -2.59. The number of amides is 3. The molecule has 244 valence electrons. The molecule has 0 aromatic rings. The van der Waals surface area contributed by atoms with Crippen LogP contribution in [-0.2, 0) is 28.7 Å². The SMILES string of the molecule is CCC(C)C(C(CC(=O)N1CCCC1C(OC)C(C)C(=O)O)OC)N(C)C(=O)C(NC(=O)C(C(C)C)N(C)C)C(C)C. The van der Waals surface area contributed by atoms with Crippen molar-refractivity contribution in [3.63, 3.8) is 0 Å². The zero-order valence-corrected chi connectivity index (χ0v) is 28.0. The molecule has 1 rings (SSSR count). The van der Waals surface area contributed by atoms with Crippen molar-refractivity contribution in [2.75, 3.05) is 41.9 Å². The number of aliphatic carboxylic acids is 1. The maximum Gasteiger partial charge on any atom is 0.308 e. The molecule has 1 saturated heterocycles. The Morgan fingerprint density at radius 3 is 2.00 bits per heavy atom. The zero-order valence-electron chi connectivity index (χ0n) is 28.0. The molecule has 0 aliphatic carbocycles. The number of carboxylic acid groups (broad SMARTS) is 1. The highest BCUT2D eigenvalue weighted by molar-refractivity contribution is 5.90. The topological polar surface area (TPSA) is 129 Å². The first-order chi connectivity index (χ1) is 19.5. The van der Waals surface area contributed by atoms with E-state index in [2.05, 4.69) is 5.32 Å². The molecule has 1 aliphatic rings. The van der Waals surface area contributed by atoms with Gasteiger partial charge in [-0.1, -0.05) is 48.0 Å². The van der Waals surface area contributed by atoms with E-state index in [-0.39, 0.29) is 54.0 Å². The van der Waals surface area contributed by atoms with Crippen LogP contribution in [0.3, 0.4) is 0 Å². The third-order valence-corrected chi connectivity index (χ3v) is 8.92. The fourth-order valence-electron chi connectivity index (χ4n) is 6.40. The quantitative estimate of drug-likeness (QED) is 0.262. The Morgan fingerprint density at radius 1 is 0.976 bits per heavy atom. The van der Waals surface area contributed by atoms with Gasteiger partial charge in [-0.2, -0.15) is 0 Å². The Hall–Kier alpha value is -2.24. The summed E-state index contributed by atoms with van der Waals surface area (Å²) in [6, 6.07) is -1.90. The van der Waals surface area contributed by atoms with Gasteiger partial charge in [0.2, 0.25) is 17.7 Å². The third-order valence-electron chi connectivity index (χ3n) is 8.92. The Bertz CT molecular complexity index is 889. The Labute approximate surface area is 253 Å². The first kappa shape index (κ1) is 37.8. The second-order valence-electron chi connectivity index (χ2n) is 12.8. The number of methoxy groups -OCH3 is 2. The van der Waals surface area contributed by atoms with Crippen LogP contribution in [0.4, 0.5) is 0 Å². The van der Waals surface area contributed by atoms with Crippen molar-refractivity contribution in [1.29, 1.82) is 0 Å². The average molecular weight is 599 g/mol. The largest absolute Gasteiger partial charge is 0.481 e.